The van der Waals surface area contributed by atoms with Crippen LogP contribution >= 0.6 is 15.9 Å². The Balaban J connectivity index is 1.78. The van der Waals surface area contributed by atoms with Gasteiger partial charge >= 0.3 is 0 Å². The van der Waals surface area contributed by atoms with Gasteiger partial charge in [-0.1, -0.05) is 127 Å². The Morgan fingerprint density at radius 2 is 1.25 bits per heavy atom. The van der Waals surface area contributed by atoms with Gasteiger partial charge in [0.15, 0.2) is 0 Å². The van der Waals surface area contributed by atoms with Crippen molar-refractivity contribution in [3.63, 3.8) is 0 Å². The number of aromatic nitrogens is 2. The molecule has 0 fully saturated rings. The third-order valence-electron chi connectivity index (χ3n) is 5.86. The van der Waals surface area contributed by atoms with Crippen molar-refractivity contribution >= 4 is 15.9 Å². The lowest BCUT2D eigenvalue weighted by Crippen LogP contribution is -2.06. The van der Waals surface area contributed by atoms with Gasteiger partial charge in [-0.3, -0.25) is 0 Å². The molecular weight excluding hydrogens is 456 g/mol. The number of alkyl halides is 1. The van der Waals surface area contributed by atoms with Crippen molar-refractivity contribution in [2.45, 2.75) is 50.4 Å². The maximum Gasteiger partial charge on any atom is 0.141 e. The van der Waals surface area contributed by atoms with E-state index in [9.17, 15) is 0 Å². The van der Waals surface area contributed by atoms with Gasteiger partial charge < -0.3 is 4.57 Å². The van der Waals surface area contributed by atoms with Gasteiger partial charge in [-0.25, -0.2) is 4.98 Å². The number of hydrogen-bond donors (Lipinski definition) is 0. The van der Waals surface area contributed by atoms with Crippen LogP contribution < -0.4 is 0 Å². The Morgan fingerprint density at radius 3 is 1.84 bits per heavy atom. The zero-order chi connectivity index (χ0) is 22.2. The van der Waals surface area contributed by atoms with Gasteiger partial charge in [-0.15, -0.1) is 0 Å². The molecule has 164 valence electrons. The molecule has 3 heteroatoms. The zero-order valence-electron chi connectivity index (χ0n) is 18.8. The molecule has 0 amide bonds. The van der Waals surface area contributed by atoms with Crippen molar-refractivity contribution in [1.82, 2.24) is 9.55 Å². The molecular formula is C29H31BrN2. The van der Waals surface area contributed by atoms with E-state index in [4.69, 9.17) is 4.98 Å². The van der Waals surface area contributed by atoms with Crippen LogP contribution in [0, 0.1) is 0 Å². The molecule has 0 bridgehead atoms. The molecule has 0 spiro atoms. The minimum atomic E-state index is 0.583. The predicted octanol–water partition coefficient (Wildman–Crippen LogP) is 8.62. The van der Waals surface area contributed by atoms with Gasteiger partial charge in [-0.2, -0.15) is 0 Å². The Labute approximate surface area is 200 Å². The second kappa shape index (κ2) is 11.3. The number of imidazole rings is 1. The fourth-order valence-corrected chi connectivity index (χ4v) is 4.85. The summed E-state index contributed by atoms with van der Waals surface area (Å²) in [5.41, 5.74) is 5.78. The van der Waals surface area contributed by atoms with Crippen LogP contribution in [0.3, 0.4) is 0 Å². The maximum absolute atomic E-state index is 5.23. The van der Waals surface area contributed by atoms with Crippen molar-refractivity contribution in [2.24, 2.45) is 0 Å². The molecule has 1 atom stereocenters. The third kappa shape index (κ3) is 5.39. The van der Waals surface area contributed by atoms with Crippen LogP contribution in [-0.2, 0) is 6.54 Å². The summed E-state index contributed by atoms with van der Waals surface area (Å²) in [4.78, 5) is 5.81. The summed E-state index contributed by atoms with van der Waals surface area (Å²) in [6, 6.07) is 31.8. The quantitative estimate of drug-likeness (QED) is 0.205. The number of nitrogens with zero attached hydrogens (tertiary/aromatic N) is 2. The lowest BCUT2D eigenvalue weighted by molar-refractivity contribution is 0.577. The Kier molecular flexibility index (Phi) is 7.95. The highest BCUT2D eigenvalue weighted by atomic mass is 79.9. The van der Waals surface area contributed by atoms with E-state index in [-0.39, 0.29) is 0 Å². The summed E-state index contributed by atoms with van der Waals surface area (Å²) in [6.07, 6.45) is 6.06. The van der Waals surface area contributed by atoms with Gasteiger partial charge in [-0.05, 0) is 19.3 Å². The normalized spacial score (nSPS) is 12.1. The summed E-state index contributed by atoms with van der Waals surface area (Å²) in [5.74, 6) is 1.04. The highest BCUT2D eigenvalue weighted by molar-refractivity contribution is 9.09. The average Bonchev–Trinajstić information content (AvgIpc) is 3.24. The molecule has 4 aromatic rings. The van der Waals surface area contributed by atoms with Crippen LogP contribution in [0.15, 0.2) is 91.0 Å². The van der Waals surface area contributed by atoms with E-state index in [1.54, 1.807) is 0 Å². The molecule has 0 saturated heterocycles. The molecule has 0 aliphatic carbocycles. The van der Waals surface area contributed by atoms with Crippen LogP contribution in [0.5, 0.6) is 0 Å². The van der Waals surface area contributed by atoms with Crippen molar-refractivity contribution in [3.05, 3.63) is 91.0 Å². The first-order chi connectivity index (χ1) is 15.8. The van der Waals surface area contributed by atoms with Gasteiger partial charge in [0.2, 0.25) is 0 Å². The summed E-state index contributed by atoms with van der Waals surface area (Å²) in [6.45, 7) is 3.21. The minimum Gasteiger partial charge on any atom is -0.323 e. The number of unbranched alkanes of at least 4 members (excludes halogenated alkanes) is 1. The largest absolute Gasteiger partial charge is 0.323 e. The topological polar surface area (TPSA) is 17.8 Å². The van der Waals surface area contributed by atoms with E-state index in [2.05, 4.69) is 118 Å². The minimum absolute atomic E-state index is 0.583. The fourth-order valence-electron chi connectivity index (χ4n) is 4.20. The Hall–Kier alpha value is -2.65. The molecule has 1 aromatic heterocycles. The van der Waals surface area contributed by atoms with Crippen molar-refractivity contribution in [1.29, 1.82) is 0 Å². The second-order valence-corrected chi connectivity index (χ2v) is 9.56. The number of benzene rings is 3. The molecule has 1 unspecified atom stereocenters. The zero-order valence-corrected chi connectivity index (χ0v) is 20.3. The number of hydrogen-bond acceptors (Lipinski definition) is 1. The fraction of sp³-hybridized carbons (Fsp3) is 0.276. The monoisotopic (exact) mass is 486 g/mol. The predicted molar refractivity (Wildman–Crippen MR) is 140 cm³/mol. The van der Waals surface area contributed by atoms with Crippen molar-refractivity contribution in [2.75, 3.05) is 0 Å². The standard InChI is InChI=1S/C29H31BrN2/c1-2-3-20-26(30)21-13-22-32-28(24-16-9-5-10-17-24)27(23-14-7-4-8-15-23)31-29(32)25-18-11-6-12-19-25/h4-12,14-19,26H,2-3,13,20-22H2,1H3. The third-order valence-corrected chi connectivity index (χ3v) is 6.78. The first kappa shape index (κ1) is 22.5. The van der Waals surface area contributed by atoms with Crippen LogP contribution in [0.1, 0.15) is 39.0 Å². The van der Waals surface area contributed by atoms with Gasteiger partial charge in [0.05, 0.1) is 11.4 Å². The van der Waals surface area contributed by atoms with E-state index < -0.39 is 0 Å². The Morgan fingerprint density at radius 1 is 0.719 bits per heavy atom. The molecule has 4 rings (SSSR count). The summed E-state index contributed by atoms with van der Waals surface area (Å²) < 4.78 is 2.44. The van der Waals surface area contributed by atoms with Crippen LogP contribution in [0.25, 0.3) is 33.9 Å². The number of halogens is 1. The first-order valence-electron chi connectivity index (χ1n) is 11.7. The van der Waals surface area contributed by atoms with Crippen molar-refractivity contribution < 1.29 is 0 Å². The lowest BCUT2D eigenvalue weighted by atomic mass is 10.0. The maximum atomic E-state index is 5.23. The van der Waals surface area contributed by atoms with E-state index >= 15 is 0 Å². The molecule has 0 radical (unpaired) electrons. The van der Waals surface area contributed by atoms with E-state index in [0.717, 1.165) is 35.6 Å². The first-order valence-corrected chi connectivity index (χ1v) is 12.6. The summed E-state index contributed by atoms with van der Waals surface area (Å²) >= 11 is 3.90. The van der Waals surface area contributed by atoms with Crippen LogP contribution in [0.4, 0.5) is 0 Å². The van der Waals surface area contributed by atoms with Crippen LogP contribution in [0.2, 0.25) is 0 Å². The lowest BCUT2D eigenvalue weighted by Gasteiger charge is -2.15. The SMILES string of the molecule is CCCCC(Br)CCCn1c(-c2ccccc2)nc(-c2ccccc2)c1-c1ccccc1. The van der Waals surface area contributed by atoms with E-state index in [1.165, 1.54) is 36.9 Å². The molecule has 3 aromatic carbocycles. The summed E-state index contributed by atoms with van der Waals surface area (Å²) in [7, 11) is 0. The molecule has 0 N–H and O–H groups in total. The molecule has 0 aliphatic heterocycles. The van der Waals surface area contributed by atoms with Gasteiger partial charge in [0, 0.05) is 28.1 Å². The average molecular weight is 487 g/mol. The highest BCUT2D eigenvalue weighted by Crippen LogP contribution is 2.36. The molecule has 32 heavy (non-hydrogen) atoms. The van der Waals surface area contributed by atoms with Crippen molar-refractivity contribution in [3.8, 4) is 33.9 Å². The van der Waals surface area contributed by atoms with Gasteiger partial charge in [0.25, 0.3) is 0 Å². The molecule has 2 nitrogen and oxygen atoms in total. The summed E-state index contributed by atoms with van der Waals surface area (Å²) in [5, 5.41) is 0. The van der Waals surface area contributed by atoms with E-state index in [0.29, 0.717) is 4.83 Å². The van der Waals surface area contributed by atoms with Gasteiger partial charge in [0.1, 0.15) is 5.82 Å². The second-order valence-electron chi connectivity index (χ2n) is 8.26. The van der Waals surface area contributed by atoms with E-state index in [1.807, 2.05) is 0 Å². The molecule has 0 saturated carbocycles. The molecule has 1 heterocycles. The van der Waals surface area contributed by atoms with Crippen LogP contribution in [-0.4, -0.2) is 14.4 Å². The molecule has 0 aliphatic rings. The number of rotatable bonds is 10. The smallest absolute Gasteiger partial charge is 0.141 e. The Bertz CT molecular complexity index is 1090. The highest BCUT2D eigenvalue weighted by Gasteiger charge is 2.21.